The van der Waals surface area contributed by atoms with Gasteiger partial charge in [0.05, 0.1) is 0 Å². The molecule has 15 valence electrons. The van der Waals surface area contributed by atoms with Crippen molar-refractivity contribution >= 4 is 58.5 Å². The summed E-state index contributed by atoms with van der Waals surface area (Å²) < 4.78 is 0. The van der Waals surface area contributed by atoms with Crippen molar-refractivity contribution in [2.75, 3.05) is 0 Å². The van der Waals surface area contributed by atoms with Gasteiger partial charge in [-0.1, -0.05) is 0 Å². The molecule has 0 aliphatic carbocycles. The fourth-order valence-corrected chi connectivity index (χ4v) is 0. The maximum Gasteiger partial charge on any atom is 0.0464 e. The van der Waals surface area contributed by atoms with Crippen LogP contribution in [-0.2, 0) is 11.8 Å². The van der Waals surface area contributed by atoms with Crippen LogP contribution in [0.5, 0.6) is 0 Å². The van der Waals surface area contributed by atoms with Crippen molar-refractivity contribution in [3.05, 3.63) is 0 Å². The maximum atomic E-state index is 3.78. The second-order valence-electron chi connectivity index (χ2n) is 0. The average molecular weight is 140 g/mol. The quantitative estimate of drug-likeness (QED) is 0.339. The molecule has 0 saturated heterocycles. The van der Waals surface area contributed by atoms with E-state index in [9.17, 15) is 0 Å². The van der Waals surface area contributed by atoms with Gasteiger partial charge in [0, 0.05) is 46.7 Å². The molecule has 0 saturated carbocycles. The third kappa shape index (κ3) is 9.26. The predicted molar refractivity (Wildman–Crippen MR) is 25.8 cm³/mol. The molecule has 0 spiro atoms. The Balaban J connectivity index is -0.00000000500. The molecule has 0 aromatic carbocycles. The molecule has 0 aromatic rings. The molecule has 0 nitrogen and oxygen atoms in total. The topological polar surface area (TPSA) is 0 Å². The molecule has 4 heteroatoms. The van der Waals surface area contributed by atoms with Gasteiger partial charge in [-0.15, -0.1) is 0 Å². The van der Waals surface area contributed by atoms with Gasteiger partial charge >= 0.3 is 0 Å². The first-order valence-electron chi connectivity index (χ1n) is 0.183. The number of rotatable bonds is 0. The summed E-state index contributed by atoms with van der Waals surface area (Å²) in [7, 11) is 3.11. The molecule has 0 aromatic heterocycles. The number of hydrogen-bond donors (Lipinski definition) is 0. The molecule has 0 aliphatic rings. The minimum Gasteiger partial charge on any atom is -0.0464 e. The molecule has 0 heterocycles. The first kappa shape index (κ1) is 17.1. The summed E-state index contributed by atoms with van der Waals surface area (Å²) in [6, 6.07) is 0. The third-order valence-electron chi connectivity index (χ3n) is 0. The standard InChI is InChI=1S/Ga.Li.PS/c;;1-2. The van der Waals surface area contributed by atoms with E-state index < -0.39 is 0 Å². The summed E-state index contributed by atoms with van der Waals surface area (Å²) in [5.74, 6) is 0. The SMILES string of the molecule is [Ga].[Li].[P]=S. The first-order valence-corrected chi connectivity index (χ1v) is 1.64. The average Bonchev–Trinajstić information content (AvgIpc) is 1.00. The summed E-state index contributed by atoms with van der Waals surface area (Å²) in [5.41, 5.74) is 0. The summed E-state index contributed by atoms with van der Waals surface area (Å²) in [6.45, 7) is 0. The largest absolute Gasteiger partial charge is 0.0464 e. The fourth-order valence-electron chi connectivity index (χ4n) is 0. The van der Waals surface area contributed by atoms with Crippen molar-refractivity contribution in [3.63, 3.8) is 0 Å². The summed E-state index contributed by atoms with van der Waals surface area (Å²) in [4.78, 5) is 0. The molecular formula is GaLiPS. The first-order chi connectivity index (χ1) is 1.00. The van der Waals surface area contributed by atoms with Crippen LogP contribution >= 0.6 is 8.02 Å². The summed E-state index contributed by atoms with van der Waals surface area (Å²) in [6.07, 6.45) is 0. The van der Waals surface area contributed by atoms with Gasteiger partial charge in [0.2, 0.25) is 0 Å². The minimum atomic E-state index is 0. The Morgan fingerprint density at radius 1 is 1.25 bits per heavy atom. The molecule has 0 aliphatic heterocycles. The van der Waals surface area contributed by atoms with Crippen LogP contribution in [0.2, 0.25) is 0 Å². The molecule has 5 radical (unpaired) electrons. The molecule has 0 amide bonds. The van der Waals surface area contributed by atoms with Crippen LogP contribution < -0.4 is 0 Å². The Morgan fingerprint density at radius 2 is 1.25 bits per heavy atom. The molecule has 4 heavy (non-hydrogen) atoms. The van der Waals surface area contributed by atoms with Crippen molar-refractivity contribution in [2.45, 2.75) is 0 Å². The Labute approximate surface area is 58.2 Å². The van der Waals surface area contributed by atoms with Gasteiger partial charge in [-0.25, -0.2) is 0 Å². The van der Waals surface area contributed by atoms with Gasteiger partial charge in [-0.3, -0.25) is 0 Å². The van der Waals surface area contributed by atoms with Gasteiger partial charge in [0.15, 0.2) is 0 Å². The molecule has 0 rings (SSSR count). The molecule has 0 atom stereocenters. The van der Waals surface area contributed by atoms with Gasteiger partial charge in [0.1, 0.15) is 0 Å². The minimum absolute atomic E-state index is 0. The zero-order valence-electron chi connectivity index (χ0n) is 2.43. The smallest absolute Gasteiger partial charge is 0.0464 e. The Kier molecular flexibility index (Phi) is 93.4. The van der Waals surface area contributed by atoms with Crippen LogP contribution in [0.25, 0.3) is 0 Å². The van der Waals surface area contributed by atoms with E-state index in [1.807, 2.05) is 0 Å². The second-order valence-corrected chi connectivity index (χ2v) is 0. The third-order valence-corrected chi connectivity index (χ3v) is 0. The predicted octanol–water partition coefficient (Wildman–Crippen LogP) is 0.0972. The monoisotopic (exact) mass is 139 g/mol. The van der Waals surface area contributed by atoms with Crippen LogP contribution in [0.15, 0.2) is 0 Å². The fraction of sp³-hybridized carbons (Fsp3) is 0. The van der Waals surface area contributed by atoms with Crippen LogP contribution in [0.4, 0.5) is 0 Å². The molecule has 0 N–H and O–H groups in total. The maximum absolute atomic E-state index is 3.78. The van der Waals surface area contributed by atoms with E-state index in [2.05, 4.69) is 19.8 Å². The van der Waals surface area contributed by atoms with Gasteiger partial charge in [-0.2, -0.15) is 0 Å². The van der Waals surface area contributed by atoms with Gasteiger partial charge in [-0.05, 0) is 11.8 Å². The van der Waals surface area contributed by atoms with E-state index >= 15 is 0 Å². The van der Waals surface area contributed by atoms with E-state index in [0.29, 0.717) is 0 Å². The van der Waals surface area contributed by atoms with E-state index in [-0.39, 0.29) is 38.7 Å². The van der Waals surface area contributed by atoms with Gasteiger partial charge < -0.3 is 0 Å². The van der Waals surface area contributed by atoms with E-state index in [0.717, 1.165) is 0 Å². The molecular weight excluding hydrogens is 140 g/mol. The van der Waals surface area contributed by atoms with Crippen molar-refractivity contribution in [2.24, 2.45) is 0 Å². The van der Waals surface area contributed by atoms with E-state index in [1.165, 1.54) is 0 Å². The van der Waals surface area contributed by atoms with Crippen LogP contribution in [0.1, 0.15) is 0 Å². The zero-order chi connectivity index (χ0) is 2.00. The normalized spacial score (nSPS) is 1.00. The number of hydrogen-bond acceptors (Lipinski definition) is 1. The Morgan fingerprint density at radius 3 is 1.25 bits per heavy atom. The molecule has 0 bridgehead atoms. The van der Waals surface area contributed by atoms with Crippen molar-refractivity contribution in [3.8, 4) is 0 Å². The van der Waals surface area contributed by atoms with E-state index in [1.54, 1.807) is 0 Å². The van der Waals surface area contributed by atoms with Crippen LogP contribution in [0.3, 0.4) is 0 Å². The summed E-state index contributed by atoms with van der Waals surface area (Å²) in [5, 5.41) is 0. The van der Waals surface area contributed by atoms with Crippen LogP contribution in [0, 0.1) is 0 Å². The molecule has 0 unspecified atom stereocenters. The van der Waals surface area contributed by atoms with Crippen molar-refractivity contribution < 1.29 is 0 Å². The van der Waals surface area contributed by atoms with Gasteiger partial charge in [0.25, 0.3) is 0 Å². The van der Waals surface area contributed by atoms with Crippen molar-refractivity contribution in [1.29, 1.82) is 0 Å². The Bertz CT molecular complexity index is 8.00. The van der Waals surface area contributed by atoms with Crippen molar-refractivity contribution in [1.82, 2.24) is 0 Å². The Hall–Kier alpha value is 1.75. The molecule has 0 fully saturated rings. The zero-order valence-corrected chi connectivity index (χ0v) is 6.57. The second kappa shape index (κ2) is 21.8. The van der Waals surface area contributed by atoms with Crippen LogP contribution in [-0.4, -0.2) is 38.7 Å². The summed E-state index contributed by atoms with van der Waals surface area (Å²) >= 11 is 3.78. The van der Waals surface area contributed by atoms with E-state index in [4.69, 9.17) is 0 Å².